The quantitative estimate of drug-likeness (QED) is 0.684. The normalized spacial score (nSPS) is 15.0. The van der Waals surface area contributed by atoms with E-state index < -0.39 is 0 Å². The molecule has 0 bridgehead atoms. The molecule has 3 aromatic rings. The van der Waals surface area contributed by atoms with E-state index in [4.69, 9.17) is 0 Å². The third-order valence-electron chi connectivity index (χ3n) is 5.31. The van der Waals surface area contributed by atoms with Crippen LogP contribution < -0.4 is 0 Å². The molecule has 144 valence electrons. The summed E-state index contributed by atoms with van der Waals surface area (Å²) in [6, 6.07) is 3.79. The molecule has 3 aromatic heterocycles. The number of aromatic nitrogens is 5. The average Bonchev–Trinajstić information content (AvgIpc) is 3.23. The smallest absolute Gasteiger partial charge is 0.226 e. The zero-order valence-corrected chi connectivity index (χ0v) is 16.0. The van der Waals surface area contributed by atoms with Gasteiger partial charge in [0.2, 0.25) is 5.91 Å². The van der Waals surface area contributed by atoms with Crippen LogP contribution in [0, 0.1) is 0 Å². The van der Waals surface area contributed by atoms with Gasteiger partial charge in [-0.2, -0.15) is 0 Å². The van der Waals surface area contributed by atoms with Crippen LogP contribution in [0.3, 0.4) is 0 Å². The van der Waals surface area contributed by atoms with E-state index in [-0.39, 0.29) is 5.91 Å². The molecule has 0 N–H and O–H groups in total. The van der Waals surface area contributed by atoms with Gasteiger partial charge in [0.1, 0.15) is 5.82 Å². The first-order valence-electron chi connectivity index (χ1n) is 9.76. The molecule has 0 spiro atoms. The molecule has 4 heterocycles. The van der Waals surface area contributed by atoms with E-state index >= 15 is 0 Å². The lowest BCUT2D eigenvalue weighted by atomic mass is 9.92. The molecule has 1 amide bonds. The second kappa shape index (κ2) is 8.29. The van der Waals surface area contributed by atoms with Crippen molar-refractivity contribution in [2.45, 2.75) is 38.5 Å². The summed E-state index contributed by atoms with van der Waals surface area (Å²) in [6.07, 6.45) is 13.7. The van der Waals surface area contributed by atoms with Crippen molar-refractivity contribution in [2.24, 2.45) is 0 Å². The minimum atomic E-state index is 0.173. The second-order valence-electron chi connectivity index (χ2n) is 7.02. The standard InChI is InChI=1S/C21H24N6O/c1-2-18-23-11-14-27(18)21-20(24-9-10-25-21)17-5-12-26(13-6-17)19(28)15-16-3-7-22-8-4-16/h3-4,7-11,14,17H,2,5-6,12-13,15H2,1H3. The Kier molecular flexibility index (Phi) is 5.41. The van der Waals surface area contributed by atoms with Crippen molar-refractivity contribution in [1.29, 1.82) is 0 Å². The van der Waals surface area contributed by atoms with Gasteiger partial charge in [0, 0.05) is 62.6 Å². The van der Waals surface area contributed by atoms with Crippen molar-refractivity contribution in [3.63, 3.8) is 0 Å². The van der Waals surface area contributed by atoms with Crippen LogP contribution in [0.5, 0.6) is 0 Å². The molecule has 0 aromatic carbocycles. The van der Waals surface area contributed by atoms with Gasteiger partial charge in [-0.3, -0.25) is 19.3 Å². The summed E-state index contributed by atoms with van der Waals surface area (Å²) >= 11 is 0. The van der Waals surface area contributed by atoms with Crippen LogP contribution in [0.1, 0.15) is 42.8 Å². The van der Waals surface area contributed by atoms with Gasteiger partial charge in [-0.05, 0) is 30.5 Å². The molecule has 7 nitrogen and oxygen atoms in total. The predicted molar refractivity (Wildman–Crippen MR) is 105 cm³/mol. The van der Waals surface area contributed by atoms with Gasteiger partial charge in [0.05, 0.1) is 12.1 Å². The molecule has 1 aliphatic rings. The monoisotopic (exact) mass is 376 g/mol. The molecule has 0 unspecified atom stereocenters. The van der Waals surface area contributed by atoms with Gasteiger partial charge >= 0.3 is 0 Å². The van der Waals surface area contributed by atoms with Gasteiger partial charge in [0.15, 0.2) is 5.82 Å². The Bertz CT molecular complexity index is 931. The van der Waals surface area contributed by atoms with Crippen molar-refractivity contribution in [3.05, 3.63) is 66.4 Å². The number of hydrogen-bond donors (Lipinski definition) is 0. The van der Waals surface area contributed by atoms with Crippen molar-refractivity contribution < 1.29 is 4.79 Å². The zero-order chi connectivity index (χ0) is 19.3. The lowest BCUT2D eigenvalue weighted by molar-refractivity contribution is -0.131. The third kappa shape index (κ3) is 3.78. The summed E-state index contributed by atoms with van der Waals surface area (Å²) in [4.78, 5) is 32.2. The van der Waals surface area contributed by atoms with Gasteiger partial charge in [0.25, 0.3) is 0 Å². The SMILES string of the molecule is CCc1nccn1-c1nccnc1C1CCN(C(=O)Cc2ccncc2)CC1. The van der Waals surface area contributed by atoms with Crippen molar-refractivity contribution in [2.75, 3.05) is 13.1 Å². The number of carbonyl (C=O) groups excluding carboxylic acids is 1. The first-order valence-corrected chi connectivity index (χ1v) is 9.76. The fourth-order valence-electron chi connectivity index (χ4n) is 3.79. The number of piperidine rings is 1. The zero-order valence-electron chi connectivity index (χ0n) is 16.0. The Morgan fingerprint density at radius 1 is 1.04 bits per heavy atom. The van der Waals surface area contributed by atoms with Crippen LogP contribution in [0.15, 0.2) is 49.3 Å². The van der Waals surface area contributed by atoms with Gasteiger partial charge < -0.3 is 4.90 Å². The van der Waals surface area contributed by atoms with E-state index in [1.54, 1.807) is 31.0 Å². The Hall–Kier alpha value is -3.09. The molecule has 1 aliphatic heterocycles. The lowest BCUT2D eigenvalue weighted by Gasteiger charge is -2.32. The Labute approximate surface area is 164 Å². The van der Waals surface area contributed by atoms with Crippen LogP contribution in [-0.2, 0) is 17.6 Å². The summed E-state index contributed by atoms with van der Waals surface area (Å²) in [7, 11) is 0. The molecule has 4 rings (SSSR count). The number of nitrogens with zero attached hydrogens (tertiary/aromatic N) is 6. The molecule has 7 heteroatoms. The molecule has 0 radical (unpaired) electrons. The highest BCUT2D eigenvalue weighted by atomic mass is 16.2. The Balaban J connectivity index is 1.45. The summed E-state index contributed by atoms with van der Waals surface area (Å²) < 4.78 is 2.03. The summed E-state index contributed by atoms with van der Waals surface area (Å²) in [5.41, 5.74) is 2.00. The number of hydrogen-bond acceptors (Lipinski definition) is 5. The highest BCUT2D eigenvalue weighted by Gasteiger charge is 2.27. The summed E-state index contributed by atoms with van der Waals surface area (Å²) in [5.74, 6) is 2.30. The van der Waals surface area contributed by atoms with Crippen molar-refractivity contribution in [1.82, 2.24) is 29.4 Å². The predicted octanol–water partition coefficient (Wildman–Crippen LogP) is 2.57. The first-order chi connectivity index (χ1) is 13.8. The molecule has 0 atom stereocenters. The van der Waals surface area contributed by atoms with Crippen LogP contribution in [0.4, 0.5) is 0 Å². The minimum absolute atomic E-state index is 0.173. The Morgan fingerprint density at radius 2 is 1.79 bits per heavy atom. The number of aryl methyl sites for hydroxylation is 1. The van der Waals surface area contributed by atoms with E-state index in [1.807, 2.05) is 27.8 Å². The summed E-state index contributed by atoms with van der Waals surface area (Å²) in [6.45, 7) is 3.58. The second-order valence-corrected chi connectivity index (χ2v) is 7.02. The lowest BCUT2D eigenvalue weighted by Crippen LogP contribution is -2.39. The highest BCUT2D eigenvalue weighted by molar-refractivity contribution is 5.78. The summed E-state index contributed by atoms with van der Waals surface area (Å²) in [5, 5.41) is 0. The number of amides is 1. The number of rotatable bonds is 5. The first kappa shape index (κ1) is 18.3. The molecule has 1 fully saturated rings. The molecule has 0 aliphatic carbocycles. The number of likely N-dealkylation sites (tertiary alicyclic amines) is 1. The minimum Gasteiger partial charge on any atom is -0.342 e. The van der Waals surface area contributed by atoms with Gasteiger partial charge in [-0.1, -0.05) is 6.92 Å². The maximum absolute atomic E-state index is 12.6. The number of carbonyl (C=O) groups is 1. The largest absolute Gasteiger partial charge is 0.342 e. The molecule has 0 saturated carbocycles. The molecule has 28 heavy (non-hydrogen) atoms. The fourth-order valence-corrected chi connectivity index (χ4v) is 3.79. The van der Waals surface area contributed by atoms with E-state index in [2.05, 4.69) is 26.9 Å². The topological polar surface area (TPSA) is 76.8 Å². The van der Waals surface area contributed by atoms with Crippen LogP contribution in [-0.4, -0.2) is 48.4 Å². The maximum atomic E-state index is 12.6. The maximum Gasteiger partial charge on any atom is 0.226 e. The van der Waals surface area contributed by atoms with Crippen LogP contribution in [0.2, 0.25) is 0 Å². The van der Waals surface area contributed by atoms with E-state index in [0.29, 0.717) is 12.3 Å². The van der Waals surface area contributed by atoms with Gasteiger partial charge in [-0.25, -0.2) is 9.97 Å². The van der Waals surface area contributed by atoms with Crippen LogP contribution in [0.25, 0.3) is 5.82 Å². The van der Waals surface area contributed by atoms with Crippen molar-refractivity contribution >= 4 is 5.91 Å². The number of pyridine rings is 1. The van der Waals surface area contributed by atoms with Crippen molar-refractivity contribution in [3.8, 4) is 5.82 Å². The van der Waals surface area contributed by atoms with E-state index in [0.717, 1.165) is 55.3 Å². The highest BCUT2D eigenvalue weighted by Crippen LogP contribution is 2.30. The molecule has 1 saturated heterocycles. The fraction of sp³-hybridized carbons (Fsp3) is 0.381. The average molecular weight is 376 g/mol. The number of imidazole rings is 1. The molecular weight excluding hydrogens is 352 g/mol. The van der Waals surface area contributed by atoms with E-state index in [9.17, 15) is 4.79 Å². The van der Waals surface area contributed by atoms with Crippen LogP contribution >= 0.6 is 0 Å². The molecular formula is C21H24N6O. The Morgan fingerprint density at radius 3 is 2.54 bits per heavy atom. The van der Waals surface area contributed by atoms with Gasteiger partial charge in [-0.15, -0.1) is 0 Å². The van der Waals surface area contributed by atoms with E-state index in [1.165, 1.54) is 0 Å². The third-order valence-corrected chi connectivity index (χ3v) is 5.31.